The Balaban J connectivity index is 2.05. The number of nitrogens with zero attached hydrogens (tertiary/aromatic N) is 1. The highest BCUT2D eigenvalue weighted by Crippen LogP contribution is 2.36. The van der Waals surface area contributed by atoms with E-state index in [-0.39, 0.29) is 0 Å². The maximum Gasteiger partial charge on any atom is 0.0716 e. The fourth-order valence-corrected chi connectivity index (χ4v) is 3.97. The van der Waals surface area contributed by atoms with E-state index in [9.17, 15) is 0 Å². The second kappa shape index (κ2) is 6.59. The molecule has 0 spiro atoms. The van der Waals surface area contributed by atoms with Crippen LogP contribution in [0.4, 0.5) is 0 Å². The monoisotopic (exact) mass is 248 g/mol. The van der Waals surface area contributed by atoms with Crippen molar-refractivity contribution in [3.05, 3.63) is 0 Å². The first-order valence-electron chi connectivity index (χ1n) is 7.77. The minimum absolute atomic E-state index is 0.382. The van der Waals surface area contributed by atoms with Crippen molar-refractivity contribution in [1.82, 2.24) is 10.2 Å². The van der Waals surface area contributed by atoms with Gasteiger partial charge < -0.3 is 5.32 Å². The molecule has 2 nitrogen and oxygen atoms in total. The Labute approximate surface area is 113 Å². The Kier molecular flexibility index (Phi) is 5.09. The lowest BCUT2D eigenvalue weighted by Gasteiger charge is -2.51. The standard InChI is InChI=1S/C16H28N2/c1-4-8-14(5-2)18-15-9-7-10-16(18)12-13(11-15)17-6-3/h2,13-17H,4,6-12H2,1,3H3. The van der Waals surface area contributed by atoms with Crippen LogP contribution in [0.3, 0.4) is 0 Å². The first-order valence-corrected chi connectivity index (χ1v) is 7.77. The average molecular weight is 248 g/mol. The molecule has 2 aliphatic rings. The van der Waals surface area contributed by atoms with Gasteiger partial charge in [0, 0.05) is 18.1 Å². The van der Waals surface area contributed by atoms with Crippen LogP contribution in [0.25, 0.3) is 0 Å². The molecule has 0 aromatic heterocycles. The highest BCUT2D eigenvalue weighted by Gasteiger charge is 2.40. The fraction of sp³-hybridized carbons (Fsp3) is 0.875. The summed E-state index contributed by atoms with van der Waals surface area (Å²) in [5, 5.41) is 3.64. The zero-order valence-electron chi connectivity index (χ0n) is 12.0. The van der Waals surface area contributed by atoms with Crippen LogP contribution >= 0.6 is 0 Å². The number of rotatable bonds is 5. The van der Waals surface area contributed by atoms with E-state index in [0.29, 0.717) is 6.04 Å². The summed E-state index contributed by atoms with van der Waals surface area (Å²) in [5.74, 6) is 3.05. The summed E-state index contributed by atoms with van der Waals surface area (Å²) in [6.45, 7) is 5.55. The van der Waals surface area contributed by atoms with Crippen LogP contribution in [0.1, 0.15) is 58.8 Å². The maximum atomic E-state index is 5.78. The Bertz CT molecular complexity index is 280. The molecule has 3 unspecified atom stereocenters. The van der Waals surface area contributed by atoms with Crippen molar-refractivity contribution in [3.8, 4) is 12.3 Å². The van der Waals surface area contributed by atoms with Crippen molar-refractivity contribution in [1.29, 1.82) is 0 Å². The highest BCUT2D eigenvalue weighted by molar-refractivity contribution is 5.07. The molecule has 102 valence electrons. The largest absolute Gasteiger partial charge is 0.314 e. The van der Waals surface area contributed by atoms with Gasteiger partial charge in [-0.25, -0.2) is 0 Å². The molecule has 0 aromatic rings. The van der Waals surface area contributed by atoms with E-state index in [1.807, 2.05) is 0 Å². The van der Waals surface area contributed by atoms with Gasteiger partial charge in [0.1, 0.15) is 0 Å². The van der Waals surface area contributed by atoms with E-state index < -0.39 is 0 Å². The van der Waals surface area contributed by atoms with Crippen LogP contribution in [0, 0.1) is 12.3 Å². The van der Waals surface area contributed by atoms with Crippen LogP contribution in [0.2, 0.25) is 0 Å². The average Bonchev–Trinajstić information content (AvgIpc) is 2.35. The summed E-state index contributed by atoms with van der Waals surface area (Å²) in [7, 11) is 0. The molecule has 0 saturated carbocycles. The SMILES string of the molecule is C#CC(CCC)N1C2CCCC1CC(NCC)C2. The number of hydrogen-bond donors (Lipinski definition) is 1. The molecule has 2 heteroatoms. The second-order valence-corrected chi connectivity index (χ2v) is 5.88. The summed E-state index contributed by atoms with van der Waals surface area (Å²) >= 11 is 0. The first-order chi connectivity index (χ1) is 8.80. The summed E-state index contributed by atoms with van der Waals surface area (Å²) < 4.78 is 0. The lowest BCUT2D eigenvalue weighted by Crippen LogP contribution is -2.59. The maximum absolute atomic E-state index is 5.78. The molecule has 2 bridgehead atoms. The molecule has 1 N–H and O–H groups in total. The molecule has 2 rings (SSSR count). The third-order valence-corrected chi connectivity index (χ3v) is 4.64. The Hall–Kier alpha value is -0.520. The van der Waals surface area contributed by atoms with Crippen molar-refractivity contribution >= 4 is 0 Å². The van der Waals surface area contributed by atoms with Crippen molar-refractivity contribution in [2.45, 2.75) is 83.0 Å². The molecule has 0 aromatic carbocycles. The van der Waals surface area contributed by atoms with Crippen LogP contribution in [0.5, 0.6) is 0 Å². The van der Waals surface area contributed by atoms with Gasteiger partial charge in [-0.2, -0.15) is 0 Å². The Morgan fingerprint density at radius 3 is 2.44 bits per heavy atom. The van der Waals surface area contributed by atoms with E-state index >= 15 is 0 Å². The topological polar surface area (TPSA) is 15.3 Å². The predicted octanol–water partition coefficient (Wildman–Crippen LogP) is 2.78. The molecule has 3 atom stereocenters. The summed E-state index contributed by atoms with van der Waals surface area (Å²) in [6, 6.07) is 2.57. The smallest absolute Gasteiger partial charge is 0.0716 e. The first kappa shape index (κ1) is 13.9. The molecular formula is C16H28N2. The molecule has 0 aliphatic carbocycles. The number of terminal acetylenes is 1. The quantitative estimate of drug-likeness (QED) is 0.753. The minimum atomic E-state index is 0.382. The van der Waals surface area contributed by atoms with Crippen molar-refractivity contribution < 1.29 is 0 Å². The summed E-state index contributed by atoms with van der Waals surface area (Å²) in [5.41, 5.74) is 0. The molecule has 18 heavy (non-hydrogen) atoms. The third kappa shape index (κ3) is 2.90. The van der Waals surface area contributed by atoms with E-state index in [0.717, 1.165) is 31.1 Å². The summed E-state index contributed by atoms with van der Waals surface area (Å²) in [6.07, 6.45) is 14.8. The molecule has 2 fully saturated rings. The fourth-order valence-electron chi connectivity index (χ4n) is 3.97. The number of hydrogen-bond acceptors (Lipinski definition) is 2. The molecule has 0 amide bonds. The lowest BCUT2D eigenvalue weighted by molar-refractivity contribution is 0.00398. The zero-order chi connectivity index (χ0) is 13.0. The van der Waals surface area contributed by atoms with Gasteiger partial charge in [-0.05, 0) is 38.6 Å². The molecule has 0 radical (unpaired) electrons. The zero-order valence-corrected chi connectivity index (χ0v) is 12.0. The Morgan fingerprint density at radius 1 is 1.28 bits per heavy atom. The van der Waals surface area contributed by atoms with Crippen LogP contribution in [-0.4, -0.2) is 35.6 Å². The predicted molar refractivity (Wildman–Crippen MR) is 77.5 cm³/mol. The normalized spacial score (nSPS) is 33.9. The lowest BCUT2D eigenvalue weighted by atomic mass is 9.80. The molecular weight excluding hydrogens is 220 g/mol. The van der Waals surface area contributed by atoms with Crippen LogP contribution in [0.15, 0.2) is 0 Å². The van der Waals surface area contributed by atoms with E-state index in [2.05, 4.69) is 30.0 Å². The van der Waals surface area contributed by atoms with Gasteiger partial charge >= 0.3 is 0 Å². The van der Waals surface area contributed by atoms with Gasteiger partial charge in [-0.1, -0.05) is 32.6 Å². The van der Waals surface area contributed by atoms with Gasteiger partial charge in [0.05, 0.1) is 6.04 Å². The van der Waals surface area contributed by atoms with E-state index in [4.69, 9.17) is 6.42 Å². The summed E-state index contributed by atoms with van der Waals surface area (Å²) in [4.78, 5) is 2.70. The minimum Gasteiger partial charge on any atom is -0.314 e. The van der Waals surface area contributed by atoms with Crippen LogP contribution in [-0.2, 0) is 0 Å². The van der Waals surface area contributed by atoms with E-state index in [1.54, 1.807) is 0 Å². The second-order valence-electron chi connectivity index (χ2n) is 5.88. The van der Waals surface area contributed by atoms with Crippen molar-refractivity contribution in [2.24, 2.45) is 0 Å². The van der Waals surface area contributed by atoms with Gasteiger partial charge in [-0.15, -0.1) is 6.42 Å². The van der Waals surface area contributed by atoms with Gasteiger partial charge in [0.2, 0.25) is 0 Å². The van der Waals surface area contributed by atoms with Gasteiger partial charge in [-0.3, -0.25) is 4.90 Å². The molecule has 2 saturated heterocycles. The van der Waals surface area contributed by atoms with Gasteiger partial charge in [0.15, 0.2) is 0 Å². The van der Waals surface area contributed by atoms with E-state index in [1.165, 1.54) is 38.5 Å². The van der Waals surface area contributed by atoms with Crippen molar-refractivity contribution in [3.63, 3.8) is 0 Å². The van der Waals surface area contributed by atoms with Crippen LogP contribution < -0.4 is 5.32 Å². The van der Waals surface area contributed by atoms with Crippen molar-refractivity contribution in [2.75, 3.05) is 6.54 Å². The molecule has 2 heterocycles. The number of nitrogens with one attached hydrogen (secondary N) is 1. The third-order valence-electron chi connectivity index (χ3n) is 4.64. The molecule has 2 aliphatic heterocycles. The van der Waals surface area contributed by atoms with Gasteiger partial charge in [0.25, 0.3) is 0 Å². The number of fused-ring (bicyclic) bond motifs is 2. The number of piperidine rings is 2. The highest BCUT2D eigenvalue weighted by atomic mass is 15.2. The Morgan fingerprint density at radius 2 is 1.94 bits per heavy atom.